The van der Waals surface area contributed by atoms with Crippen LogP contribution < -0.4 is 10.9 Å². The molecule has 0 spiro atoms. The summed E-state index contributed by atoms with van der Waals surface area (Å²) in [6, 6.07) is 5.30. The number of nitrogens with zero attached hydrogens (tertiary/aromatic N) is 3. The minimum atomic E-state index is 0. The highest BCUT2D eigenvalue weighted by molar-refractivity contribution is 14.0. The molecule has 1 aromatic rings. The third-order valence-electron chi connectivity index (χ3n) is 4.36. The molecule has 0 radical (unpaired) electrons. The van der Waals surface area contributed by atoms with E-state index in [1.54, 1.807) is 16.7 Å². The molecule has 0 aliphatic carbocycles. The van der Waals surface area contributed by atoms with E-state index in [0.717, 1.165) is 45.0 Å². The van der Waals surface area contributed by atoms with Crippen molar-refractivity contribution in [2.45, 2.75) is 38.5 Å². The first kappa shape index (κ1) is 22.3. The molecule has 25 heavy (non-hydrogen) atoms. The normalized spacial score (nSPS) is 18.2. The van der Waals surface area contributed by atoms with Crippen molar-refractivity contribution in [2.75, 3.05) is 32.4 Å². The zero-order valence-corrected chi connectivity index (χ0v) is 18.6. The Kier molecular flexibility index (Phi) is 10.6. The Bertz CT molecular complexity index is 590. The van der Waals surface area contributed by atoms with Gasteiger partial charge >= 0.3 is 0 Å². The van der Waals surface area contributed by atoms with E-state index in [4.69, 9.17) is 0 Å². The van der Waals surface area contributed by atoms with Crippen molar-refractivity contribution < 1.29 is 0 Å². The van der Waals surface area contributed by atoms with Gasteiger partial charge in [-0.2, -0.15) is 11.8 Å². The molecule has 1 N–H and O–H groups in total. The molecule has 1 atom stereocenters. The van der Waals surface area contributed by atoms with Crippen molar-refractivity contribution in [1.82, 2.24) is 14.8 Å². The maximum absolute atomic E-state index is 11.6. The molecule has 1 fully saturated rings. The highest BCUT2D eigenvalue weighted by atomic mass is 127. The summed E-state index contributed by atoms with van der Waals surface area (Å²) >= 11 is 2.08. The molecular formula is C18H31IN4OS. The van der Waals surface area contributed by atoms with E-state index >= 15 is 0 Å². The van der Waals surface area contributed by atoms with Crippen molar-refractivity contribution in [2.24, 2.45) is 10.9 Å². The molecule has 7 heteroatoms. The Balaban J connectivity index is 0.00000312. The fraction of sp³-hybridized carbons (Fsp3) is 0.667. The summed E-state index contributed by atoms with van der Waals surface area (Å²) in [6.45, 7) is 8.39. The standard InChI is InChI=1S/C18H30N4OS.HI/c1-15(2)16-14-22(12-13-24-16)18(19-3)20-9-5-7-11-21-10-6-4-8-17(21)23;/h4,6,8,10,15-16H,5,7,9,11-14H2,1-3H3,(H,19,20);1H. The predicted octanol–water partition coefficient (Wildman–Crippen LogP) is 2.90. The summed E-state index contributed by atoms with van der Waals surface area (Å²) in [5, 5.41) is 4.16. The fourth-order valence-electron chi connectivity index (χ4n) is 2.86. The van der Waals surface area contributed by atoms with Gasteiger partial charge in [-0.3, -0.25) is 9.79 Å². The molecule has 1 aromatic heterocycles. The average Bonchev–Trinajstić information content (AvgIpc) is 2.59. The van der Waals surface area contributed by atoms with E-state index in [2.05, 4.69) is 40.8 Å². The van der Waals surface area contributed by atoms with Gasteiger partial charge in [0.25, 0.3) is 0 Å². The maximum atomic E-state index is 11.6. The Morgan fingerprint density at radius 1 is 1.40 bits per heavy atom. The fourth-order valence-corrected chi connectivity index (χ4v) is 4.15. The van der Waals surface area contributed by atoms with E-state index in [1.165, 1.54) is 5.75 Å². The van der Waals surface area contributed by atoms with Crippen LogP contribution in [-0.4, -0.2) is 53.1 Å². The SMILES string of the molecule is CN=C(NCCCCn1ccccc1=O)N1CCSC(C(C)C)C1.I. The Hall–Kier alpha value is -0.700. The van der Waals surface area contributed by atoms with Crippen LogP contribution in [0.1, 0.15) is 26.7 Å². The molecule has 0 saturated carbocycles. The first-order valence-corrected chi connectivity index (χ1v) is 9.89. The van der Waals surface area contributed by atoms with Gasteiger partial charge in [0.15, 0.2) is 5.96 Å². The smallest absolute Gasteiger partial charge is 0.250 e. The molecule has 0 bridgehead atoms. The van der Waals surface area contributed by atoms with Crippen LogP contribution in [0.2, 0.25) is 0 Å². The van der Waals surface area contributed by atoms with Gasteiger partial charge in [0.1, 0.15) is 0 Å². The van der Waals surface area contributed by atoms with Gasteiger partial charge in [0.2, 0.25) is 5.56 Å². The van der Waals surface area contributed by atoms with Crippen LogP contribution in [0.5, 0.6) is 0 Å². The molecule has 1 saturated heterocycles. The van der Waals surface area contributed by atoms with Crippen LogP contribution in [0.15, 0.2) is 34.2 Å². The lowest BCUT2D eigenvalue weighted by molar-refractivity contribution is 0.380. The molecule has 2 heterocycles. The number of aliphatic imine (C=N–C) groups is 1. The van der Waals surface area contributed by atoms with Crippen molar-refractivity contribution in [3.05, 3.63) is 34.7 Å². The van der Waals surface area contributed by atoms with Crippen LogP contribution in [0, 0.1) is 5.92 Å². The van der Waals surface area contributed by atoms with Crippen LogP contribution >= 0.6 is 35.7 Å². The second-order valence-corrected chi connectivity index (χ2v) is 7.86. The number of hydrogen-bond acceptors (Lipinski definition) is 3. The molecule has 1 aliphatic heterocycles. The molecule has 142 valence electrons. The summed E-state index contributed by atoms with van der Waals surface area (Å²) in [4.78, 5) is 18.5. The van der Waals surface area contributed by atoms with Crippen molar-refractivity contribution in [3.63, 3.8) is 0 Å². The third kappa shape index (κ3) is 7.21. The molecule has 0 aromatic carbocycles. The minimum absolute atomic E-state index is 0. The van der Waals surface area contributed by atoms with E-state index in [-0.39, 0.29) is 29.5 Å². The number of pyridine rings is 1. The van der Waals surface area contributed by atoms with E-state index in [0.29, 0.717) is 11.2 Å². The topological polar surface area (TPSA) is 49.6 Å². The molecule has 1 aliphatic rings. The van der Waals surface area contributed by atoms with Gasteiger partial charge in [0, 0.05) is 56.5 Å². The minimum Gasteiger partial charge on any atom is -0.356 e. The molecule has 1 unspecified atom stereocenters. The predicted molar refractivity (Wildman–Crippen MR) is 119 cm³/mol. The Morgan fingerprint density at radius 2 is 2.20 bits per heavy atom. The van der Waals surface area contributed by atoms with Crippen molar-refractivity contribution >= 4 is 41.7 Å². The monoisotopic (exact) mass is 478 g/mol. The Morgan fingerprint density at radius 3 is 2.88 bits per heavy atom. The van der Waals surface area contributed by atoms with Gasteiger partial charge in [0.05, 0.1) is 0 Å². The zero-order chi connectivity index (χ0) is 17.4. The molecule has 5 nitrogen and oxygen atoms in total. The number of guanidine groups is 1. The number of nitrogens with one attached hydrogen (secondary N) is 1. The van der Waals surface area contributed by atoms with Crippen molar-refractivity contribution in [1.29, 1.82) is 0 Å². The summed E-state index contributed by atoms with van der Waals surface area (Å²) in [6.07, 6.45) is 3.86. The van der Waals surface area contributed by atoms with E-state index in [1.807, 2.05) is 19.3 Å². The van der Waals surface area contributed by atoms with Crippen LogP contribution in [-0.2, 0) is 6.54 Å². The van der Waals surface area contributed by atoms with Crippen LogP contribution in [0.4, 0.5) is 0 Å². The van der Waals surface area contributed by atoms with E-state index < -0.39 is 0 Å². The lowest BCUT2D eigenvalue weighted by Gasteiger charge is -2.36. The summed E-state index contributed by atoms with van der Waals surface area (Å²) in [5.74, 6) is 2.87. The quantitative estimate of drug-likeness (QED) is 0.296. The number of halogens is 1. The number of hydrogen-bond donors (Lipinski definition) is 1. The van der Waals surface area contributed by atoms with Gasteiger partial charge in [-0.05, 0) is 24.8 Å². The van der Waals surface area contributed by atoms with Gasteiger partial charge in [-0.1, -0.05) is 19.9 Å². The number of aromatic nitrogens is 1. The second-order valence-electron chi connectivity index (χ2n) is 6.51. The summed E-state index contributed by atoms with van der Waals surface area (Å²) in [5.41, 5.74) is 0.0758. The number of thioether (sulfide) groups is 1. The lowest BCUT2D eigenvalue weighted by atomic mass is 10.1. The maximum Gasteiger partial charge on any atom is 0.250 e. The largest absolute Gasteiger partial charge is 0.356 e. The average molecular weight is 478 g/mol. The third-order valence-corrected chi connectivity index (χ3v) is 5.90. The first-order chi connectivity index (χ1) is 11.6. The second kappa shape index (κ2) is 11.8. The number of rotatable bonds is 6. The summed E-state index contributed by atoms with van der Waals surface area (Å²) in [7, 11) is 1.86. The van der Waals surface area contributed by atoms with Crippen LogP contribution in [0.3, 0.4) is 0 Å². The van der Waals surface area contributed by atoms with Gasteiger partial charge < -0.3 is 14.8 Å². The molecular weight excluding hydrogens is 447 g/mol. The van der Waals surface area contributed by atoms with Gasteiger partial charge in [-0.15, -0.1) is 24.0 Å². The molecule has 2 rings (SSSR count). The number of aryl methyl sites for hydroxylation is 1. The first-order valence-electron chi connectivity index (χ1n) is 8.84. The zero-order valence-electron chi connectivity index (χ0n) is 15.5. The highest BCUT2D eigenvalue weighted by Gasteiger charge is 2.24. The van der Waals surface area contributed by atoms with E-state index in [9.17, 15) is 4.79 Å². The highest BCUT2D eigenvalue weighted by Crippen LogP contribution is 2.24. The Labute approximate surface area is 172 Å². The molecule has 0 amide bonds. The number of unbranched alkanes of at least 4 members (excludes halogenated alkanes) is 1. The van der Waals surface area contributed by atoms with Gasteiger partial charge in [-0.25, -0.2) is 0 Å². The van der Waals surface area contributed by atoms with Crippen molar-refractivity contribution in [3.8, 4) is 0 Å². The lowest BCUT2D eigenvalue weighted by Crippen LogP contribution is -2.49. The summed E-state index contributed by atoms with van der Waals surface area (Å²) < 4.78 is 1.77. The van der Waals surface area contributed by atoms with Crippen LogP contribution in [0.25, 0.3) is 0 Å².